The maximum absolute atomic E-state index is 9.11. The molecule has 2 heteroatoms. The van der Waals surface area contributed by atoms with Crippen LogP contribution in [-0.2, 0) is 0 Å². The Kier molecular flexibility index (Phi) is 4.32. The van der Waals surface area contributed by atoms with Crippen LogP contribution in [0, 0.1) is 5.92 Å². The SMILES string of the molecule is C=CCC([C@@H](C)O)[C@@H](C)O. The van der Waals surface area contributed by atoms with E-state index in [2.05, 4.69) is 6.58 Å². The molecule has 0 aliphatic carbocycles. The van der Waals surface area contributed by atoms with Crippen LogP contribution >= 0.6 is 0 Å². The standard InChI is InChI=1S/C8H16O2/c1-4-5-8(6(2)9)7(3)10/h4,6-10H,1,5H2,2-3H3/t6-,7-/m1/s1. The first-order valence-electron chi connectivity index (χ1n) is 3.56. The minimum absolute atomic E-state index is 0.0718. The van der Waals surface area contributed by atoms with Crippen molar-refractivity contribution in [3.63, 3.8) is 0 Å². The fourth-order valence-electron chi connectivity index (χ4n) is 0.989. The summed E-state index contributed by atoms with van der Waals surface area (Å²) >= 11 is 0. The monoisotopic (exact) mass is 144 g/mol. The van der Waals surface area contributed by atoms with E-state index in [1.54, 1.807) is 19.9 Å². The lowest BCUT2D eigenvalue weighted by atomic mass is 9.94. The van der Waals surface area contributed by atoms with E-state index in [1.165, 1.54) is 0 Å². The van der Waals surface area contributed by atoms with Gasteiger partial charge in [-0.15, -0.1) is 6.58 Å². The van der Waals surface area contributed by atoms with E-state index < -0.39 is 12.2 Å². The van der Waals surface area contributed by atoms with E-state index in [1.807, 2.05) is 0 Å². The Hall–Kier alpha value is -0.340. The van der Waals surface area contributed by atoms with Gasteiger partial charge in [0, 0.05) is 5.92 Å². The molecular weight excluding hydrogens is 128 g/mol. The van der Waals surface area contributed by atoms with E-state index in [4.69, 9.17) is 10.2 Å². The molecule has 0 aromatic rings. The third kappa shape index (κ3) is 2.99. The number of aliphatic hydroxyl groups excluding tert-OH is 2. The molecule has 0 aliphatic heterocycles. The van der Waals surface area contributed by atoms with Gasteiger partial charge in [0.15, 0.2) is 0 Å². The Labute approximate surface area is 62.2 Å². The van der Waals surface area contributed by atoms with E-state index in [9.17, 15) is 0 Å². The second-order valence-electron chi connectivity index (χ2n) is 2.67. The van der Waals surface area contributed by atoms with Crippen molar-refractivity contribution in [3.05, 3.63) is 12.7 Å². The number of aliphatic hydroxyl groups is 2. The first kappa shape index (κ1) is 9.66. The molecule has 0 bridgehead atoms. The molecule has 0 unspecified atom stereocenters. The Morgan fingerprint density at radius 1 is 1.30 bits per heavy atom. The Balaban J connectivity index is 3.84. The van der Waals surface area contributed by atoms with Gasteiger partial charge in [-0.05, 0) is 20.3 Å². The average Bonchev–Trinajstić information content (AvgIpc) is 1.81. The number of rotatable bonds is 4. The van der Waals surface area contributed by atoms with Gasteiger partial charge >= 0.3 is 0 Å². The van der Waals surface area contributed by atoms with E-state index in [0.717, 1.165) is 0 Å². The Morgan fingerprint density at radius 2 is 1.70 bits per heavy atom. The number of hydrogen-bond donors (Lipinski definition) is 2. The molecule has 0 fully saturated rings. The van der Waals surface area contributed by atoms with Crippen molar-refractivity contribution in [2.45, 2.75) is 32.5 Å². The molecule has 0 radical (unpaired) electrons. The molecular formula is C8H16O2. The van der Waals surface area contributed by atoms with Crippen LogP contribution in [0.2, 0.25) is 0 Å². The second-order valence-corrected chi connectivity index (χ2v) is 2.67. The minimum Gasteiger partial charge on any atom is -0.393 e. The van der Waals surface area contributed by atoms with Crippen molar-refractivity contribution in [1.29, 1.82) is 0 Å². The van der Waals surface area contributed by atoms with Crippen molar-refractivity contribution in [3.8, 4) is 0 Å². The summed E-state index contributed by atoms with van der Waals surface area (Å²) in [6.45, 7) is 6.91. The lowest BCUT2D eigenvalue weighted by molar-refractivity contribution is 0.0335. The molecule has 60 valence electrons. The molecule has 0 heterocycles. The molecule has 2 nitrogen and oxygen atoms in total. The largest absolute Gasteiger partial charge is 0.393 e. The van der Waals surface area contributed by atoms with Crippen LogP contribution in [0.5, 0.6) is 0 Å². The van der Waals surface area contributed by atoms with Crippen LogP contribution in [0.25, 0.3) is 0 Å². The van der Waals surface area contributed by atoms with Gasteiger partial charge in [-0.3, -0.25) is 0 Å². The second kappa shape index (κ2) is 4.47. The first-order chi connectivity index (χ1) is 4.59. The Bertz CT molecular complexity index is 89.4. The molecule has 0 aliphatic rings. The zero-order chi connectivity index (χ0) is 8.15. The minimum atomic E-state index is -0.460. The van der Waals surface area contributed by atoms with E-state index in [-0.39, 0.29) is 5.92 Å². The molecule has 2 N–H and O–H groups in total. The predicted molar refractivity (Wildman–Crippen MR) is 41.7 cm³/mol. The summed E-state index contributed by atoms with van der Waals surface area (Å²) < 4.78 is 0. The van der Waals surface area contributed by atoms with Gasteiger partial charge in [-0.25, -0.2) is 0 Å². The van der Waals surface area contributed by atoms with E-state index >= 15 is 0 Å². The summed E-state index contributed by atoms with van der Waals surface area (Å²) in [7, 11) is 0. The van der Waals surface area contributed by atoms with Crippen LogP contribution in [0.4, 0.5) is 0 Å². The van der Waals surface area contributed by atoms with Gasteiger partial charge in [-0.2, -0.15) is 0 Å². The topological polar surface area (TPSA) is 40.5 Å². The van der Waals surface area contributed by atoms with Crippen molar-refractivity contribution in [2.24, 2.45) is 5.92 Å². The van der Waals surface area contributed by atoms with Crippen molar-refractivity contribution >= 4 is 0 Å². The molecule has 0 saturated carbocycles. The Morgan fingerprint density at radius 3 is 1.80 bits per heavy atom. The normalized spacial score (nSPS) is 16.9. The molecule has 2 atom stereocenters. The highest BCUT2D eigenvalue weighted by molar-refractivity contribution is 4.79. The lowest BCUT2D eigenvalue weighted by Crippen LogP contribution is -2.26. The van der Waals surface area contributed by atoms with Crippen LogP contribution in [-0.4, -0.2) is 22.4 Å². The molecule has 0 aromatic heterocycles. The first-order valence-corrected chi connectivity index (χ1v) is 3.56. The summed E-state index contributed by atoms with van der Waals surface area (Å²) in [5.41, 5.74) is 0. The molecule has 0 saturated heterocycles. The third-order valence-electron chi connectivity index (χ3n) is 1.68. The zero-order valence-corrected chi connectivity index (χ0v) is 6.62. The molecule has 0 spiro atoms. The maximum atomic E-state index is 9.11. The molecule has 0 rings (SSSR count). The summed E-state index contributed by atoms with van der Waals surface area (Å²) in [4.78, 5) is 0. The lowest BCUT2D eigenvalue weighted by Gasteiger charge is -2.20. The van der Waals surface area contributed by atoms with Gasteiger partial charge < -0.3 is 10.2 Å². The summed E-state index contributed by atoms with van der Waals surface area (Å²) in [6, 6.07) is 0. The van der Waals surface area contributed by atoms with Gasteiger partial charge in [0.25, 0.3) is 0 Å². The molecule has 0 amide bonds. The van der Waals surface area contributed by atoms with Crippen LogP contribution in [0.15, 0.2) is 12.7 Å². The number of allylic oxidation sites excluding steroid dienone is 1. The van der Waals surface area contributed by atoms with Gasteiger partial charge in [0.05, 0.1) is 12.2 Å². The van der Waals surface area contributed by atoms with Crippen molar-refractivity contribution < 1.29 is 10.2 Å². The fraction of sp³-hybridized carbons (Fsp3) is 0.750. The highest BCUT2D eigenvalue weighted by atomic mass is 16.3. The zero-order valence-electron chi connectivity index (χ0n) is 6.62. The quantitative estimate of drug-likeness (QED) is 0.576. The van der Waals surface area contributed by atoms with Crippen molar-refractivity contribution in [1.82, 2.24) is 0 Å². The highest BCUT2D eigenvalue weighted by Gasteiger charge is 2.18. The average molecular weight is 144 g/mol. The third-order valence-corrected chi connectivity index (χ3v) is 1.68. The predicted octanol–water partition coefficient (Wildman–Crippen LogP) is 0.940. The van der Waals surface area contributed by atoms with E-state index in [0.29, 0.717) is 6.42 Å². The fourth-order valence-corrected chi connectivity index (χ4v) is 0.989. The van der Waals surface area contributed by atoms with Crippen LogP contribution in [0.3, 0.4) is 0 Å². The molecule has 10 heavy (non-hydrogen) atoms. The van der Waals surface area contributed by atoms with Gasteiger partial charge in [0.2, 0.25) is 0 Å². The van der Waals surface area contributed by atoms with Crippen LogP contribution < -0.4 is 0 Å². The van der Waals surface area contributed by atoms with Crippen LogP contribution in [0.1, 0.15) is 20.3 Å². The molecule has 0 aromatic carbocycles. The highest BCUT2D eigenvalue weighted by Crippen LogP contribution is 2.13. The summed E-state index contributed by atoms with van der Waals surface area (Å²) in [5.74, 6) is -0.0718. The number of hydrogen-bond acceptors (Lipinski definition) is 2. The van der Waals surface area contributed by atoms with Crippen molar-refractivity contribution in [2.75, 3.05) is 0 Å². The van der Waals surface area contributed by atoms with Gasteiger partial charge in [0.1, 0.15) is 0 Å². The smallest absolute Gasteiger partial charge is 0.0567 e. The summed E-state index contributed by atoms with van der Waals surface area (Å²) in [6.07, 6.45) is 1.45. The van der Waals surface area contributed by atoms with Gasteiger partial charge in [-0.1, -0.05) is 6.08 Å². The maximum Gasteiger partial charge on any atom is 0.0567 e. The summed E-state index contributed by atoms with van der Waals surface area (Å²) in [5, 5.41) is 18.2.